The van der Waals surface area contributed by atoms with Gasteiger partial charge in [-0.1, -0.05) is 48.0 Å². The van der Waals surface area contributed by atoms with Crippen LogP contribution in [-0.4, -0.2) is 40.5 Å². The molecule has 0 spiro atoms. The molecule has 0 aliphatic carbocycles. The number of nitrogens with one attached hydrogen (secondary N) is 2. The lowest BCUT2D eigenvalue weighted by Crippen LogP contribution is -2.52. The molecule has 3 amide bonds. The maximum absolute atomic E-state index is 12.8. The average molecular weight is 430 g/mol. The van der Waals surface area contributed by atoms with Crippen molar-refractivity contribution < 1.29 is 14.4 Å². The van der Waals surface area contributed by atoms with Crippen LogP contribution in [0.4, 0.5) is 0 Å². The van der Waals surface area contributed by atoms with E-state index in [1.807, 2.05) is 36.4 Å². The van der Waals surface area contributed by atoms with Gasteiger partial charge in [0.15, 0.2) is 0 Å². The number of amides is 3. The predicted molar refractivity (Wildman–Crippen MR) is 113 cm³/mol. The summed E-state index contributed by atoms with van der Waals surface area (Å²) in [7, 11) is 0. The fraction of sp³-hybridized carbons (Fsp3) is 0.286. The Morgan fingerprint density at radius 2 is 1.93 bits per heavy atom. The number of fused-ring (bicyclic) bond motifs is 3. The van der Waals surface area contributed by atoms with E-state index in [1.165, 1.54) is 0 Å². The zero-order chi connectivity index (χ0) is 20.5. The molecule has 3 atom stereocenters. The lowest BCUT2D eigenvalue weighted by atomic mass is 10.1. The van der Waals surface area contributed by atoms with Gasteiger partial charge in [0, 0.05) is 22.9 Å². The second-order valence-electron chi connectivity index (χ2n) is 7.04. The molecule has 2 heterocycles. The van der Waals surface area contributed by atoms with Crippen LogP contribution in [0.2, 0.25) is 5.02 Å². The Morgan fingerprint density at radius 1 is 1.21 bits per heavy atom. The van der Waals surface area contributed by atoms with Gasteiger partial charge in [-0.05, 0) is 30.2 Å². The van der Waals surface area contributed by atoms with Crippen molar-refractivity contribution >= 4 is 41.1 Å². The Morgan fingerprint density at radius 3 is 2.72 bits per heavy atom. The van der Waals surface area contributed by atoms with Gasteiger partial charge in [-0.2, -0.15) is 0 Å². The van der Waals surface area contributed by atoms with E-state index in [-0.39, 0.29) is 29.6 Å². The lowest BCUT2D eigenvalue weighted by molar-refractivity contribution is -0.130. The number of rotatable bonds is 5. The quantitative estimate of drug-likeness (QED) is 0.766. The monoisotopic (exact) mass is 429 g/mol. The average Bonchev–Trinajstić information content (AvgIpc) is 3.27. The van der Waals surface area contributed by atoms with Crippen molar-refractivity contribution in [3.05, 3.63) is 70.2 Å². The summed E-state index contributed by atoms with van der Waals surface area (Å²) >= 11 is 7.67. The van der Waals surface area contributed by atoms with E-state index < -0.39 is 12.1 Å². The highest BCUT2D eigenvalue weighted by Gasteiger charge is 2.48. The molecule has 29 heavy (non-hydrogen) atoms. The van der Waals surface area contributed by atoms with E-state index in [0.29, 0.717) is 16.3 Å². The van der Waals surface area contributed by atoms with Crippen LogP contribution in [0.25, 0.3) is 0 Å². The Hall–Kier alpha value is -2.51. The van der Waals surface area contributed by atoms with E-state index in [9.17, 15) is 14.4 Å². The molecule has 0 bridgehead atoms. The van der Waals surface area contributed by atoms with Crippen molar-refractivity contribution in [3.8, 4) is 0 Å². The molecule has 2 aromatic carbocycles. The Balaban J connectivity index is 1.36. The first-order chi connectivity index (χ1) is 14.0. The maximum Gasteiger partial charge on any atom is 0.256 e. The Bertz CT molecular complexity index is 983. The van der Waals surface area contributed by atoms with Crippen LogP contribution in [0.1, 0.15) is 33.8 Å². The molecule has 1 saturated heterocycles. The first kappa shape index (κ1) is 19.8. The summed E-state index contributed by atoms with van der Waals surface area (Å²) in [5, 5.41) is 5.96. The van der Waals surface area contributed by atoms with Gasteiger partial charge in [0.05, 0.1) is 0 Å². The lowest BCUT2D eigenvalue weighted by Gasteiger charge is -2.24. The molecular weight excluding hydrogens is 410 g/mol. The first-order valence-electron chi connectivity index (χ1n) is 9.32. The van der Waals surface area contributed by atoms with E-state index in [2.05, 4.69) is 10.6 Å². The van der Waals surface area contributed by atoms with Crippen molar-refractivity contribution in [2.45, 2.75) is 30.9 Å². The summed E-state index contributed by atoms with van der Waals surface area (Å²) < 4.78 is 0. The van der Waals surface area contributed by atoms with Crippen LogP contribution >= 0.6 is 23.4 Å². The standard InChI is InChI=1S/C21H20ClN3O3S/c1-12(18(26)23-10-13-6-2-5-9-16(13)22)24-19(27)17-11-29-21-15-8-4-3-7-14(15)20(28)25(17)21/h2-9,12,17,21H,10-11H2,1H3,(H,23,26)(H,24,27). The van der Waals surface area contributed by atoms with E-state index >= 15 is 0 Å². The fourth-order valence-corrected chi connectivity index (χ4v) is 5.26. The third-order valence-electron chi connectivity index (χ3n) is 5.16. The number of halogens is 1. The summed E-state index contributed by atoms with van der Waals surface area (Å²) in [6.07, 6.45) is 0. The number of carbonyl (C=O) groups is 3. The zero-order valence-corrected chi connectivity index (χ0v) is 17.3. The minimum absolute atomic E-state index is 0.133. The summed E-state index contributed by atoms with van der Waals surface area (Å²) in [6, 6.07) is 13.4. The normalized spacial score (nSPS) is 20.8. The van der Waals surface area contributed by atoms with Crippen LogP contribution in [-0.2, 0) is 16.1 Å². The molecule has 2 aliphatic heterocycles. The maximum atomic E-state index is 12.8. The minimum atomic E-state index is -0.728. The van der Waals surface area contributed by atoms with Gasteiger partial charge in [0.25, 0.3) is 5.91 Å². The highest BCUT2D eigenvalue weighted by molar-refractivity contribution is 7.99. The summed E-state index contributed by atoms with van der Waals surface area (Å²) in [5.41, 5.74) is 2.40. The molecule has 4 rings (SSSR count). The number of benzene rings is 2. The number of thioether (sulfide) groups is 1. The van der Waals surface area contributed by atoms with E-state index in [0.717, 1.165) is 11.1 Å². The molecule has 2 aliphatic rings. The molecule has 0 saturated carbocycles. The molecule has 6 nitrogen and oxygen atoms in total. The fourth-order valence-electron chi connectivity index (χ4n) is 3.59. The molecular formula is C21H20ClN3O3S. The largest absolute Gasteiger partial charge is 0.350 e. The summed E-state index contributed by atoms with van der Waals surface area (Å²) in [6.45, 7) is 1.90. The number of hydrogen-bond donors (Lipinski definition) is 2. The van der Waals surface area contributed by atoms with Crippen LogP contribution in [0.3, 0.4) is 0 Å². The van der Waals surface area contributed by atoms with Crippen molar-refractivity contribution in [2.75, 3.05) is 5.75 Å². The second kappa shape index (κ2) is 8.08. The van der Waals surface area contributed by atoms with Gasteiger partial charge < -0.3 is 15.5 Å². The topological polar surface area (TPSA) is 78.5 Å². The number of hydrogen-bond acceptors (Lipinski definition) is 4. The van der Waals surface area contributed by atoms with Crippen molar-refractivity contribution in [1.82, 2.24) is 15.5 Å². The van der Waals surface area contributed by atoms with Gasteiger partial charge in [-0.25, -0.2) is 0 Å². The highest BCUT2D eigenvalue weighted by atomic mass is 35.5. The molecule has 150 valence electrons. The van der Waals surface area contributed by atoms with Crippen LogP contribution < -0.4 is 10.6 Å². The summed E-state index contributed by atoms with van der Waals surface area (Å²) in [5.74, 6) is -0.255. The molecule has 8 heteroatoms. The van der Waals surface area contributed by atoms with Gasteiger partial charge in [0.2, 0.25) is 11.8 Å². The second-order valence-corrected chi connectivity index (χ2v) is 8.56. The van der Waals surface area contributed by atoms with E-state index in [1.54, 1.807) is 35.7 Å². The van der Waals surface area contributed by atoms with Gasteiger partial charge >= 0.3 is 0 Å². The molecule has 1 fully saturated rings. The van der Waals surface area contributed by atoms with Crippen molar-refractivity contribution in [1.29, 1.82) is 0 Å². The summed E-state index contributed by atoms with van der Waals surface area (Å²) in [4.78, 5) is 39.6. The van der Waals surface area contributed by atoms with Crippen LogP contribution in [0.5, 0.6) is 0 Å². The molecule has 2 aromatic rings. The Labute approximate surface area is 178 Å². The Kier molecular flexibility index (Phi) is 5.52. The number of nitrogens with zero attached hydrogens (tertiary/aromatic N) is 1. The molecule has 3 unspecified atom stereocenters. The molecule has 0 radical (unpaired) electrons. The molecule has 2 N–H and O–H groups in total. The van der Waals surface area contributed by atoms with Crippen LogP contribution in [0.15, 0.2) is 48.5 Å². The predicted octanol–water partition coefficient (Wildman–Crippen LogP) is 2.73. The SMILES string of the molecule is CC(NC(=O)C1CSC2c3ccccc3C(=O)N12)C(=O)NCc1ccccc1Cl. The third-order valence-corrected chi connectivity index (χ3v) is 6.83. The third kappa shape index (κ3) is 3.72. The smallest absolute Gasteiger partial charge is 0.256 e. The van der Waals surface area contributed by atoms with Gasteiger partial charge in [0.1, 0.15) is 17.5 Å². The minimum Gasteiger partial charge on any atom is -0.350 e. The number of carbonyl (C=O) groups excluding carboxylic acids is 3. The molecule has 0 aromatic heterocycles. The van der Waals surface area contributed by atoms with Crippen molar-refractivity contribution in [3.63, 3.8) is 0 Å². The highest BCUT2D eigenvalue weighted by Crippen LogP contribution is 2.48. The zero-order valence-electron chi connectivity index (χ0n) is 15.7. The van der Waals surface area contributed by atoms with Gasteiger partial charge in [-0.3, -0.25) is 14.4 Å². The van der Waals surface area contributed by atoms with Crippen molar-refractivity contribution in [2.24, 2.45) is 0 Å². The van der Waals surface area contributed by atoms with Gasteiger partial charge in [-0.15, -0.1) is 11.8 Å². The first-order valence-corrected chi connectivity index (χ1v) is 10.7. The van der Waals surface area contributed by atoms with E-state index in [4.69, 9.17) is 11.6 Å². The van der Waals surface area contributed by atoms with Crippen LogP contribution in [0, 0.1) is 0 Å².